The molecule has 0 spiro atoms. The molecule has 0 unspecified atom stereocenters. The molecular weight excluding hydrogens is 599 g/mol. The summed E-state index contributed by atoms with van der Waals surface area (Å²) < 4.78 is 2.21. The van der Waals surface area contributed by atoms with E-state index < -0.39 is 11.7 Å². The SMILES string of the molecule is CC(C)N=c1cc2n(-c3ccc(Cl)cc3)c3ccccc3nc-2cc1Nc1ccc(Cl)cc1.O=C(O)c1ccc(O)cc1O. The van der Waals surface area contributed by atoms with Gasteiger partial charge in [0.1, 0.15) is 17.1 Å². The van der Waals surface area contributed by atoms with Crippen molar-refractivity contribution in [2.24, 2.45) is 4.99 Å². The van der Waals surface area contributed by atoms with E-state index >= 15 is 0 Å². The van der Waals surface area contributed by atoms with Crippen molar-refractivity contribution in [1.29, 1.82) is 0 Å². The first kappa shape index (κ1) is 30.4. The number of aromatic hydroxyl groups is 2. The van der Waals surface area contributed by atoms with Crippen molar-refractivity contribution in [1.82, 2.24) is 9.55 Å². The van der Waals surface area contributed by atoms with Crippen molar-refractivity contribution in [3.63, 3.8) is 0 Å². The van der Waals surface area contributed by atoms with Crippen LogP contribution in [-0.2, 0) is 0 Å². The van der Waals surface area contributed by atoms with Gasteiger partial charge in [0.2, 0.25) is 0 Å². The number of nitrogens with one attached hydrogen (secondary N) is 1. The molecule has 4 aromatic rings. The van der Waals surface area contributed by atoms with Crippen LogP contribution in [0.15, 0.2) is 108 Å². The Balaban J connectivity index is 0.000000296. The summed E-state index contributed by atoms with van der Waals surface area (Å²) in [5.74, 6) is -1.81. The highest BCUT2D eigenvalue weighted by atomic mass is 35.5. The third-order valence-corrected chi connectivity index (χ3v) is 7.02. The highest BCUT2D eigenvalue weighted by molar-refractivity contribution is 6.30. The molecule has 0 radical (unpaired) electrons. The summed E-state index contributed by atoms with van der Waals surface area (Å²) in [5.41, 5.74) is 6.38. The molecular formula is C34H28Cl2N4O4. The van der Waals surface area contributed by atoms with Crippen LogP contribution >= 0.6 is 23.2 Å². The molecule has 6 rings (SSSR count). The number of carbonyl (C=O) groups is 1. The fraction of sp³-hybridized carbons (Fsp3) is 0.0882. The minimum Gasteiger partial charge on any atom is -0.508 e. The lowest BCUT2D eigenvalue weighted by atomic mass is 10.1. The molecule has 0 fully saturated rings. The Morgan fingerprint density at radius 1 is 0.864 bits per heavy atom. The van der Waals surface area contributed by atoms with E-state index in [1.807, 2.05) is 66.7 Å². The average molecular weight is 628 g/mol. The molecule has 1 heterocycles. The largest absolute Gasteiger partial charge is 0.508 e. The van der Waals surface area contributed by atoms with Crippen LogP contribution in [0.25, 0.3) is 28.1 Å². The maximum absolute atomic E-state index is 10.3. The molecule has 44 heavy (non-hydrogen) atoms. The van der Waals surface area contributed by atoms with Crippen molar-refractivity contribution in [2.75, 3.05) is 5.32 Å². The van der Waals surface area contributed by atoms with E-state index in [0.29, 0.717) is 10.0 Å². The Labute approximate surface area is 263 Å². The first-order valence-electron chi connectivity index (χ1n) is 13.6. The van der Waals surface area contributed by atoms with E-state index in [4.69, 9.17) is 48.5 Å². The highest BCUT2D eigenvalue weighted by Crippen LogP contribution is 2.31. The number of rotatable bonds is 5. The van der Waals surface area contributed by atoms with Gasteiger partial charge in [0.05, 0.1) is 33.5 Å². The number of phenols is 2. The molecule has 0 saturated heterocycles. The summed E-state index contributed by atoms with van der Waals surface area (Å²) in [5, 5.41) is 31.9. The predicted molar refractivity (Wildman–Crippen MR) is 175 cm³/mol. The van der Waals surface area contributed by atoms with Gasteiger partial charge < -0.3 is 25.2 Å². The zero-order valence-corrected chi connectivity index (χ0v) is 25.3. The minimum absolute atomic E-state index is 0.130. The van der Waals surface area contributed by atoms with Crippen molar-refractivity contribution in [3.8, 4) is 28.6 Å². The molecule has 0 aromatic heterocycles. The summed E-state index contributed by atoms with van der Waals surface area (Å²) >= 11 is 12.2. The van der Waals surface area contributed by atoms with E-state index in [9.17, 15) is 4.79 Å². The van der Waals surface area contributed by atoms with E-state index in [0.717, 1.165) is 57.0 Å². The quantitative estimate of drug-likeness (QED) is 0.143. The molecule has 0 bridgehead atoms. The Hall–Kier alpha value is -5.05. The third-order valence-electron chi connectivity index (χ3n) is 6.51. The van der Waals surface area contributed by atoms with Gasteiger partial charge in [-0.25, -0.2) is 9.78 Å². The number of hydrogen-bond donors (Lipinski definition) is 4. The molecule has 1 aliphatic heterocycles. The molecule has 1 aliphatic carbocycles. The third kappa shape index (κ3) is 6.94. The second kappa shape index (κ2) is 13.1. The molecule has 10 heteroatoms. The van der Waals surface area contributed by atoms with Gasteiger partial charge in [-0.15, -0.1) is 0 Å². The molecule has 0 atom stereocenters. The zero-order chi connectivity index (χ0) is 31.4. The van der Waals surface area contributed by atoms with E-state index in [1.54, 1.807) is 0 Å². The van der Waals surface area contributed by atoms with Crippen LogP contribution in [0, 0.1) is 0 Å². The molecule has 8 nitrogen and oxygen atoms in total. The number of aromatic carboxylic acids is 1. The normalized spacial score (nSPS) is 11.4. The van der Waals surface area contributed by atoms with Gasteiger partial charge in [-0.1, -0.05) is 35.3 Å². The standard InChI is InChI=1S/C27H22Cl2N4.C7H6O4/c1-17(2)30-24-16-27-25(15-23(24)31-20-11-7-18(28)8-12-20)32-22-5-3-4-6-26(22)33(27)21-13-9-19(29)10-14-21;8-4-1-2-5(7(10)11)6(9)3-4/h3-17,31H,1-2H3;1-3,8-9H,(H,10,11). The number of phenolic OH excluding ortho intramolecular Hbond substituents is 1. The van der Waals surface area contributed by atoms with Gasteiger partial charge in [-0.2, -0.15) is 0 Å². The monoisotopic (exact) mass is 626 g/mol. The minimum atomic E-state index is -1.22. The van der Waals surface area contributed by atoms with Crippen molar-refractivity contribution < 1.29 is 20.1 Å². The van der Waals surface area contributed by atoms with Crippen molar-refractivity contribution in [3.05, 3.63) is 124 Å². The summed E-state index contributed by atoms with van der Waals surface area (Å²) in [6.07, 6.45) is 0. The number of halogens is 2. The average Bonchev–Trinajstić information content (AvgIpc) is 2.98. The summed E-state index contributed by atoms with van der Waals surface area (Å²) in [4.78, 5) is 20.2. The van der Waals surface area contributed by atoms with Crippen molar-refractivity contribution >= 4 is 51.6 Å². The van der Waals surface area contributed by atoms with Gasteiger partial charge in [0.15, 0.2) is 0 Å². The van der Waals surface area contributed by atoms with Gasteiger partial charge in [0.25, 0.3) is 0 Å². The summed E-state index contributed by atoms with van der Waals surface area (Å²) in [6.45, 7) is 4.14. The maximum atomic E-state index is 10.3. The Morgan fingerprint density at radius 2 is 1.52 bits per heavy atom. The van der Waals surface area contributed by atoms with Gasteiger partial charge in [-0.3, -0.25) is 4.99 Å². The fourth-order valence-electron chi connectivity index (χ4n) is 4.58. The van der Waals surface area contributed by atoms with Crippen LogP contribution in [0.2, 0.25) is 10.0 Å². The van der Waals surface area contributed by atoms with E-state index in [2.05, 4.69) is 41.9 Å². The van der Waals surface area contributed by atoms with Crippen LogP contribution in [0.4, 0.5) is 11.4 Å². The topological polar surface area (TPSA) is 120 Å². The Kier molecular flexibility index (Phi) is 9.04. The first-order chi connectivity index (χ1) is 21.1. The molecule has 2 aliphatic rings. The van der Waals surface area contributed by atoms with E-state index in [1.165, 1.54) is 6.07 Å². The van der Waals surface area contributed by atoms with Crippen LogP contribution < -0.4 is 10.7 Å². The highest BCUT2D eigenvalue weighted by Gasteiger charge is 2.17. The molecule has 222 valence electrons. The number of fused-ring (bicyclic) bond motifs is 2. The van der Waals surface area contributed by atoms with Gasteiger partial charge >= 0.3 is 5.97 Å². The number of anilines is 2. The lowest BCUT2D eigenvalue weighted by Crippen LogP contribution is -2.16. The second-order valence-corrected chi connectivity index (χ2v) is 11.0. The zero-order valence-electron chi connectivity index (χ0n) is 23.7. The maximum Gasteiger partial charge on any atom is 0.339 e. The number of carboxylic acids is 1. The number of carboxylic acid groups (broad SMARTS) is 1. The number of hydrogen-bond acceptors (Lipinski definition) is 6. The van der Waals surface area contributed by atoms with Crippen LogP contribution in [-0.4, -0.2) is 36.9 Å². The molecule has 4 N–H and O–H groups in total. The molecule has 0 amide bonds. The Morgan fingerprint density at radius 3 is 2.16 bits per heavy atom. The Bertz CT molecular complexity index is 1990. The number of nitrogens with zero attached hydrogens (tertiary/aromatic N) is 3. The van der Waals surface area contributed by atoms with Gasteiger partial charge in [-0.05, 0) is 98.8 Å². The smallest absolute Gasteiger partial charge is 0.339 e. The molecule has 4 aromatic carbocycles. The molecule has 0 saturated carbocycles. The summed E-state index contributed by atoms with van der Waals surface area (Å²) in [7, 11) is 0. The van der Waals surface area contributed by atoms with Gasteiger partial charge in [0, 0.05) is 33.5 Å². The lowest BCUT2D eigenvalue weighted by molar-refractivity contribution is 0.0693. The number of benzene rings is 5. The number of aromatic nitrogens is 2. The second-order valence-electron chi connectivity index (χ2n) is 10.1. The van der Waals surface area contributed by atoms with E-state index in [-0.39, 0.29) is 17.4 Å². The van der Waals surface area contributed by atoms with Crippen LogP contribution in [0.1, 0.15) is 24.2 Å². The summed E-state index contributed by atoms with van der Waals surface area (Å²) in [6, 6.07) is 31.2. The number of para-hydroxylation sites is 2. The lowest BCUT2D eigenvalue weighted by Gasteiger charge is -2.20. The fourth-order valence-corrected chi connectivity index (χ4v) is 4.84. The van der Waals surface area contributed by atoms with Crippen LogP contribution in [0.3, 0.4) is 0 Å². The van der Waals surface area contributed by atoms with Crippen LogP contribution in [0.5, 0.6) is 11.5 Å². The first-order valence-corrected chi connectivity index (χ1v) is 14.4. The van der Waals surface area contributed by atoms with Crippen molar-refractivity contribution in [2.45, 2.75) is 19.9 Å². The predicted octanol–water partition coefficient (Wildman–Crippen LogP) is 8.29.